The van der Waals surface area contributed by atoms with E-state index in [1.54, 1.807) is 7.11 Å². The summed E-state index contributed by atoms with van der Waals surface area (Å²) in [5.41, 5.74) is 1.15. The van der Waals surface area contributed by atoms with Crippen molar-refractivity contribution in [3.8, 4) is 0 Å². The van der Waals surface area contributed by atoms with Crippen molar-refractivity contribution >= 4 is 11.8 Å². The van der Waals surface area contributed by atoms with Crippen LogP contribution in [0.5, 0.6) is 0 Å². The summed E-state index contributed by atoms with van der Waals surface area (Å²) in [4.78, 5) is 25.4. The maximum Gasteiger partial charge on any atom is 0.338 e. The zero-order valence-corrected chi connectivity index (χ0v) is 20.6. The smallest absolute Gasteiger partial charge is 0.338 e. The third-order valence-electron chi connectivity index (χ3n) is 10.6. The van der Waals surface area contributed by atoms with Gasteiger partial charge in [0.15, 0.2) is 5.78 Å². The highest BCUT2D eigenvalue weighted by Gasteiger charge is 2.61. The van der Waals surface area contributed by atoms with E-state index in [2.05, 4.69) is 13.8 Å². The van der Waals surface area contributed by atoms with Crippen LogP contribution in [0.15, 0.2) is 30.3 Å². The fourth-order valence-electron chi connectivity index (χ4n) is 8.89. The van der Waals surface area contributed by atoms with E-state index in [-0.39, 0.29) is 30.0 Å². The van der Waals surface area contributed by atoms with Gasteiger partial charge in [-0.2, -0.15) is 0 Å². The summed E-state index contributed by atoms with van der Waals surface area (Å²) in [5.74, 6) is 3.13. The van der Waals surface area contributed by atoms with E-state index in [4.69, 9.17) is 9.47 Å². The number of ketones is 1. The van der Waals surface area contributed by atoms with Crippen molar-refractivity contribution in [2.75, 3.05) is 13.7 Å². The van der Waals surface area contributed by atoms with Crippen LogP contribution in [0, 0.1) is 40.4 Å². The largest absolute Gasteiger partial charge is 0.459 e. The molecule has 4 aliphatic carbocycles. The van der Waals surface area contributed by atoms with Crippen LogP contribution < -0.4 is 0 Å². The van der Waals surface area contributed by atoms with Gasteiger partial charge in [0, 0.05) is 13.0 Å². The lowest BCUT2D eigenvalue weighted by atomic mass is 9.44. The number of benzene rings is 1. The molecule has 4 nitrogen and oxygen atoms in total. The third kappa shape index (κ3) is 3.87. The summed E-state index contributed by atoms with van der Waals surface area (Å²) in [7, 11) is 1.64. The van der Waals surface area contributed by atoms with Gasteiger partial charge in [-0.3, -0.25) is 4.79 Å². The molecule has 0 aliphatic heterocycles. The first-order valence-electron chi connectivity index (χ1n) is 13.1. The molecule has 0 saturated heterocycles. The second-order valence-corrected chi connectivity index (χ2v) is 11.9. The van der Waals surface area contributed by atoms with E-state index in [1.165, 1.54) is 32.1 Å². The number of rotatable bonds is 5. The molecule has 0 radical (unpaired) electrons. The van der Waals surface area contributed by atoms with E-state index < -0.39 is 0 Å². The van der Waals surface area contributed by atoms with Gasteiger partial charge in [-0.25, -0.2) is 4.79 Å². The Balaban J connectivity index is 1.27. The molecule has 0 heterocycles. The molecule has 0 amide bonds. The van der Waals surface area contributed by atoms with Gasteiger partial charge in [-0.1, -0.05) is 32.0 Å². The van der Waals surface area contributed by atoms with Crippen molar-refractivity contribution < 1.29 is 19.1 Å². The highest BCUT2D eigenvalue weighted by molar-refractivity contribution is 5.89. The van der Waals surface area contributed by atoms with Gasteiger partial charge in [-0.15, -0.1) is 0 Å². The molecule has 180 valence electrons. The Morgan fingerprint density at radius 3 is 2.39 bits per heavy atom. The van der Waals surface area contributed by atoms with Crippen LogP contribution in [0.3, 0.4) is 0 Å². The van der Waals surface area contributed by atoms with Crippen molar-refractivity contribution in [3.63, 3.8) is 0 Å². The van der Waals surface area contributed by atoms with E-state index in [0.717, 1.165) is 37.5 Å². The molecule has 33 heavy (non-hydrogen) atoms. The van der Waals surface area contributed by atoms with Gasteiger partial charge in [0.2, 0.25) is 0 Å². The fraction of sp³-hybridized carbons (Fsp3) is 0.724. The molecule has 0 N–H and O–H groups in total. The van der Waals surface area contributed by atoms with Crippen molar-refractivity contribution in [2.24, 2.45) is 40.4 Å². The predicted molar refractivity (Wildman–Crippen MR) is 128 cm³/mol. The van der Waals surface area contributed by atoms with E-state index in [9.17, 15) is 9.59 Å². The Morgan fingerprint density at radius 2 is 1.64 bits per heavy atom. The molecule has 0 spiro atoms. The van der Waals surface area contributed by atoms with Crippen LogP contribution in [-0.4, -0.2) is 31.6 Å². The van der Waals surface area contributed by atoms with E-state index in [1.807, 2.05) is 30.3 Å². The zero-order valence-electron chi connectivity index (χ0n) is 20.6. The third-order valence-corrected chi connectivity index (χ3v) is 10.6. The minimum atomic E-state index is -0.177. The number of hydrogen-bond acceptors (Lipinski definition) is 4. The summed E-state index contributed by atoms with van der Waals surface area (Å²) < 4.78 is 11.2. The van der Waals surface area contributed by atoms with Gasteiger partial charge in [0.25, 0.3) is 0 Å². The maximum atomic E-state index is 12.8. The predicted octanol–water partition coefficient (Wildman–Crippen LogP) is 6.09. The van der Waals surface area contributed by atoms with Crippen molar-refractivity contribution in [1.82, 2.24) is 0 Å². The molecule has 0 bridgehead atoms. The number of ether oxygens (including phenoxy) is 2. The van der Waals surface area contributed by atoms with Gasteiger partial charge >= 0.3 is 5.97 Å². The van der Waals surface area contributed by atoms with E-state index in [0.29, 0.717) is 28.6 Å². The number of Topliss-reactive ketones (excluding diaryl/α,β-unsaturated/α-hetero) is 1. The summed E-state index contributed by atoms with van der Waals surface area (Å²) >= 11 is 0. The number of carbonyl (C=O) groups excluding carboxylic acids is 2. The molecule has 4 aliphatic rings. The molecule has 4 saturated carbocycles. The van der Waals surface area contributed by atoms with Gasteiger partial charge in [0.1, 0.15) is 12.7 Å². The zero-order chi connectivity index (χ0) is 23.2. The lowest BCUT2D eigenvalue weighted by Gasteiger charge is -2.61. The van der Waals surface area contributed by atoms with Gasteiger partial charge in [0.05, 0.1) is 5.56 Å². The molecular formula is C29H40O4. The lowest BCUT2D eigenvalue weighted by Crippen LogP contribution is -2.54. The molecule has 0 unspecified atom stereocenters. The number of esters is 1. The van der Waals surface area contributed by atoms with Crippen LogP contribution in [0.2, 0.25) is 0 Å². The van der Waals surface area contributed by atoms with Crippen molar-refractivity contribution in [2.45, 2.75) is 77.7 Å². The Labute approximate surface area is 198 Å². The first-order valence-corrected chi connectivity index (χ1v) is 13.1. The fourth-order valence-corrected chi connectivity index (χ4v) is 8.89. The minimum Gasteiger partial charge on any atom is -0.459 e. The summed E-state index contributed by atoms with van der Waals surface area (Å²) in [6.07, 6.45) is 10.4. The molecule has 4 heteroatoms. The Hall–Kier alpha value is -1.68. The van der Waals surface area contributed by atoms with Crippen LogP contribution >= 0.6 is 0 Å². The van der Waals surface area contributed by atoms with Crippen molar-refractivity contribution in [1.29, 1.82) is 0 Å². The highest BCUT2D eigenvalue weighted by atomic mass is 16.5. The first-order chi connectivity index (χ1) is 15.9. The normalized spacial score (nSPS) is 42.0. The number of carbonyl (C=O) groups is 2. The van der Waals surface area contributed by atoms with Crippen LogP contribution in [0.1, 0.15) is 82.0 Å². The summed E-state index contributed by atoms with van der Waals surface area (Å²) in [6, 6.07) is 9.39. The topological polar surface area (TPSA) is 52.6 Å². The summed E-state index contributed by atoms with van der Waals surface area (Å²) in [5, 5.41) is 0. The van der Waals surface area contributed by atoms with Crippen LogP contribution in [0.25, 0.3) is 0 Å². The Bertz CT molecular complexity index is 881. The molecule has 5 rings (SSSR count). The van der Waals surface area contributed by atoms with Crippen LogP contribution in [-0.2, 0) is 14.3 Å². The maximum absolute atomic E-state index is 12.8. The second kappa shape index (κ2) is 8.83. The lowest BCUT2D eigenvalue weighted by molar-refractivity contribution is -0.142. The molecular weight excluding hydrogens is 412 g/mol. The van der Waals surface area contributed by atoms with E-state index >= 15 is 0 Å². The highest BCUT2D eigenvalue weighted by Crippen LogP contribution is 2.67. The number of methoxy groups -OCH3 is 1. The average Bonchev–Trinajstić information content (AvgIpc) is 3.17. The molecule has 0 aromatic heterocycles. The standard InChI is InChI=1S/C29H40O4/c1-28-15-13-21(33-27(31)19-7-5-4-6-8-19)17-20(28)9-10-22-23-11-12-25(26(30)18-32-3)29(23,2)16-14-24(22)28/h4-8,20-25H,9-18H2,1-3H3/t20-,21-,22+,23+,24+,25-,28+,29+/m1/s1. The molecule has 1 aromatic carbocycles. The quantitative estimate of drug-likeness (QED) is 0.508. The van der Waals surface area contributed by atoms with Gasteiger partial charge in [-0.05, 0) is 104 Å². The summed E-state index contributed by atoms with van der Waals surface area (Å²) in [6.45, 7) is 5.21. The Morgan fingerprint density at radius 1 is 0.909 bits per heavy atom. The van der Waals surface area contributed by atoms with Gasteiger partial charge < -0.3 is 9.47 Å². The average molecular weight is 453 g/mol. The number of fused-ring (bicyclic) bond motifs is 5. The minimum absolute atomic E-state index is 0.0451. The van der Waals surface area contributed by atoms with Crippen LogP contribution in [0.4, 0.5) is 0 Å². The molecule has 1 aromatic rings. The molecule has 4 fully saturated rings. The Kier molecular flexibility index (Phi) is 6.18. The molecule has 8 atom stereocenters. The second-order valence-electron chi connectivity index (χ2n) is 11.9. The first kappa shape index (κ1) is 23.1. The number of hydrogen-bond donors (Lipinski definition) is 0. The SMILES string of the molecule is COCC(=O)[C@H]1CC[C@H]2[C@@H]3CC[C@@H]4C[C@H](OC(=O)c5ccccc5)CC[C@]4(C)[C@H]3CC[C@]12C. The van der Waals surface area contributed by atoms with Crippen molar-refractivity contribution in [3.05, 3.63) is 35.9 Å². The monoisotopic (exact) mass is 452 g/mol.